The number of esters is 1. The zero-order chi connectivity index (χ0) is 12.5. The van der Waals surface area contributed by atoms with Gasteiger partial charge in [0.25, 0.3) is 0 Å². The highest BCUT2D eigenvalue weighted by Gasteiger charge is 2.04. The fourth-order valence-corrected chi connectivity index (χ4v) is 1.53. The average molecular weight is 236 g/mol. The molecule has 0 unspecified atom stereocenters. The molecular formula is C13H20N2O2. The van der Waals surface area contributed by atoms with Crippen molar-refractivity contribution < 1.29 is 9.53 Å². The molecule has 17 heavy (non-hydrogen) atoms. The summed E-state index contributed by atoms with van der Waals surface area (Å²) in [4.78, 5) is 11.3. The number of nitrogens with one attached hydrogen (secondary N) is 2. The maximum atomic E-state index is 11.3. The van der Waals surface area contributed by atoms with Crippen molar-refractivity contribution >= 4 is 11.7 Å². The molecule has 0 atom stereocenters. The molecular weight excluding hydrogens is 216 g/mol. The van der Waals surface area contributed by atoms with Crippen molar-refractivity contribution in [3.8, 4) is 0 Å². The number of methoxy groups -OCH3 is 1. The van der Waals surface area contributed by atoms with Crippen LogP contribution in [-0.4, -0.2) is 33.2 Å². The van der Waals surface area contributed by atoms with E-state index in [2.05, 4.69) is 15.4 Å². The van der Waals surface area contributed by atoms with E-state index in [0.29, 0.717) is 5.56 Å². The van der Waals surface area contributed by atoms with E-state index in [1.54, 1.807) is 6.07 Å². The number of anilines is 1. The highest BCUT2D eigenvalue weighted by atomic mass is 16.5. The molecule has 0 fully saturated rings. The van der Waals surface area contributed by atoms with Crippen LogP contribution in [-0.2, 0) is 4.74 Å². The minimum Gasteiger partial charge on any atom is -0.465 e. The van der Waals surface area contributed by atoms with Gasteiger partial charge in [-0.1, -0.05) is 6.07 Å². The second kappa shape index (κ2) is 7.68. The minimum atomic E-state index is -0.302. The largest absolute Gasteiger partial charge is 0.465 e. The summed E-state index contributed by atoms with van der Waals surface area (Å²) in [6.45, 7) is 1.94. The number of carbonyl (C=O) groups excluding carboxylic acids is 1. The number of hydrogen-bond acceptors (Lipinski definition) is 4. The lowest BCUT2D eigenvalue weighted by Gasteiger charge is -2.07. The summed E-state index contributed by atoms with van der Waals surface area (Å²) < 4.78 is 4.67. The average Bonchev–Trinajstić information content (AvgIpc) is 2.38. The van der Waals surface area contributed by atoms with E-state index in [4.69, 9.17) is 0 Å². The molecule has 0 aliphatic carbocycles. The van der Waals surface area contributed by atoms with Crippen LogP contribution in [0.2, 0.25) is 0 Å². The molecule has 0 heterocycles. The van der Waals surface area contributed by atoms with Crippen LogP contribution in [0.5, 0.6) is 0 Å². The zero-order valence-electron chi connectivity index (χ0n) is 10.5. The highest BCUT2D eigenvalue weighted by Crippen LogP contribution is 2.11. The maximum absolute atomic E-state index is 11.3. The molecule has 0 saturated carbocycles. The Morgan fingerprint density at radius 3 is 2.76 bits per heavy atom. The van der Waals surface area contributed by atoms with Gasteiger partial charge in [-0.2, -0.15) is 0 Å². The van der Waals surface area contributed by atoms with Gasteiger partial charge in [0.2, 0.25) is 0 Å². The third kappa shape index (κ3) is 4.87. The van der Waals surface area contributed by atoms with Crippen LogP contribution >= 0.6 is 0 Å². The molecule has 0 aliphatic heterocycles. The van der Waals surface area contributed by atoms with Crippen molar-refractivity contribution in [3.05, 3.63) is 29.8 Å². The van der Waals surface area contributed by atoms with E-state index in [0.717, 1.165) is 31.6 Å². The molecule has 0 saturated heterocycles. The van der Waals surface area contributed by atoms with Gasteiger partial charge >= 0.3 is 5.97 Å². The third-order valence-electron chi connectivity index (χ3n) is 2.47. The Kier molecular flexibility index (Phi) is 6.10. The first kappa shape index (κ1) is 13.5. The molecule has 0 bridgehead atoms. The summed E-state index contributed by atoms with van der Waals surface area (Å²) in [7, 11) is 3.34. The van der Waals surface area contributed by atoms with Crippen molar-refractivity contribution in [2.75, 3.05) is 32.6 Å². The Bertz CT molecular complexity index is 353. The van der Waals surface area contributed by atoms with Crippen LogP contribution < -0.4 is 10.6 Å². The second-order valence-electron chi connectivity index (χ2n) is 3.81. The summed E-state index contributed by atoms with van der Waals surface area (Å²) in [5.41, 5.74) is 1.53. The molecule has 94 valence electrons. The number of hydrogen-bond donors (Lipinski definition) is 2. The summed E-state index contributed by atoms with van der Waals surface area (Å²) in [6.07, 6.45) is 2.24. The SMILES string of the molecule is CNCCCCNc1cccc(C(=O)OC)c1. The van der Waals surface area contributed by atoms with Crippen LogP contribution in [0.4, 0.5) is 5.69 Å². The van der Waals surface area contributed by atoms with E-state index >= 15 is 0 Å². The number of carbonyl (C=O) groups is 1. The van der Waals surface area contributed by atoms with Crippen molar-refractivity contribution in [2.45, 2.75) is 12.8 Å². The molecule has 2 N–H and O–H groups in total. The molecule has 0 amide bonds. The van der Waals surface area contributed by atoms with Gasteiger partial charge in [-0.25, -0.2) is 4.79 Å². The second-order valence-corrected chi connectivity index (χ2v) is 3.81. The van der Waals surface area contributed by atoms with Gasteiger partial charge in [0.1, 0.15) is 0 Å². The summed E-state index contributed by atoms with van der Waals surface area (Å²) in [6, 6.07) is 7.36. The van der Waals surface area contributed by atoms with Gasteiger partial charge < -0.3 is 15.4 Å². The molecule has 4 nitrogen and oxygen atoms in total. The molecule has 0 spiro atoms. The van der Waals surface area contributed by atoms with E-state index in [1.165, 1.54) is 7.11 Å². The van der Waals surface area contributed by atoms with Crippen LogP contribution in [0.15, 0.2) is 24.3 Å². The number of ether oxygens (including phenoxy) is 1. The Hall–Kier alpha value is -1.55. The van der Waals surface area contributed by atoms with Crippen molar-refractivity contribution in [1.29, 1.82) is 0 Å². The predicted molar refractivity (Wildman–Crippen MR) is 69.4 cm³/mol. The molecule has 0 radical (unpaired) electrons. The number of benzene rings is 1. The monoisotopic (exact) mass is 236 g/mol. The predicted octanol–water partition coefficient (Wildman–Crippen LogP) is 1.88. The van der Waals surface area contributed by atoms with Gasteiger partial charge in [-0.05, 0) is 44.6 Å². The van der Waals surface area contributed by atoms with E-state index < -0.39 is 0 Å². The lowest BCUT2D eigenvalue weighted by molar-refractivity contribution is 0.0601. The van der Waals surface area contributed by atoms with Gasteiger partial charge in [0.05, 0.1) is 12.7 Å². The van der Waals surface area contributed by atoms with Gasteiger partial charge in [-0.15, -0.1) is 0 Å². The smallest absolute Gasteiger partial charge is 0.337 e. The van der Waals surface area contributed by atoms with E-state index in [1.807, 2.05) is 25.2 Å². The summed E-state index contributed by atoms with van der Waals surface area (Å²) in [5, 5.41) is 6.40. The van der Waals surface area contributed by atoms with Crippen LogP contribution in [0.1, 0.15) is 23.2 Å². The fourth-order valence-electron chi connectivity index (χ4n) is 1.53. The lowest BCUT2D eigenvalue weighted by Crippen LogP contribution is -2.10. The first-order valence-corrected chi connectivity index (χ1v) is 5.84. The Morgan fingerprint density at radius 1 is 1.29 bits per heavy atom. The maximum Gasteiger partial charge on any atom is 0.337 e. The molecule has 1 aromatic rings. The van der Waals surface area contributed by atoms with Crippen molar-refractivity contribution in [2.24, 2.45) is 0 Å². The number of rotatable bonds is 7. The van der Waals surface area contributed by atoms with Crippen molar-refractivity contribution in [1.82, 2.24) is 5.32 Å². The first-order valence-electron chi connectivity index (χ1n) is 5.84. The molecule has 0 aromatic heterocycles. The Morgan fingerprint density at radius 2 is 2.06 bits per heavy atom. The van der Waals surface area contributed by atoms with Crippen LogP contribution in [0.3, 0.4) is 0 Å². The normalized spacial score (nSPS) is 10.0. The molecule has 4 heteroatoms. The summed E-state index contributed by atoms with van der Waals surface area (Å²) in [5.74, 6) is -0.302. The van der Waals surface area contributed by atoms with Gasteiger partial charge in [0.15, 0.2) is 0 Å². The third-order valence-corrected chi connectivity index (χ3v) is 2.47. The van der Waals surface area contributed by atoms with Crippen LogP contribution in [0, 0.1) is 0 Å². The minimum absolute atomic E-state index is 0.302. The first-order chi connectivity index (χ1) is 8.27. The number of unbranched alkanes of at least 4 members (excludes halogenated alkanes) is 1. The fraction of sp³-hybridized carbons (Fsp3) is 0.462. The van der Waals surface area contributed by atoms with Gasteiger partial charge in [-0.3, -0.25) is 0 Å². The zero-order valence-corrected chi connectivity index (χ0v) is 10.5. The van der Waals surface area contributed by atoms with Crippen molar-refractivity contribution in [3.63, 3.8) is 0 Å². The lowest BCUT2D eigenvalue weighted by atomic mass is 10.2. The molecule has 1 rings (SSSR count). The topological polar surface area (TPSA) is 50.4 Å². The van der Waals surface area contributed by atoms with Crippen LogP contribution in [0.25, 0.3) is 0 Å². The highest BCUT2D eigenvalue weighted by molar-refractivity contribution is 5.90. The van der Waals surface area contributed by atoms with E-state index in [9.17, 15) is 4.79 Å². The Balaban J connectivity index is 2.40. The van der Waals surface area contributed by atoms with Gasteiger partial charge in [0, 0.05) is 12.2 Å². The molecule has 1 aromatic carbocycles. The standard InChI is InChI=1S/C13H20N2O2/c1-14-8-3-4-9-15-12-7-5-6-11(10-12)13(16)17-2/h5-7,10,14-15H,3-4,8-9H2,1-2H3. The molecule has 0 aliphatic rings. The quantitative estimate of drug-likeness (QED) is 0.560. The van der Waals surface area contributed by atoms with E-state index in [-0.39, 0.29) is 5.97 Å². The Labute approximate surface area is 102 Å². The summed E-state index contributed by atoms with van der Waals surface area (Å²) >= 11 is 0.